The summed E-state index contributed by atoms with van der Waals surface area (Å²) < 4.78 is 53.6. The van der Waals surface area contributed by atoms with Gasteiger partial charge in [0.2, 0.25) is 10.0 Å². The molecule has 0 aliphatic carbocycles. The highest BCUT2D eigenvalue weighted by atomic mass is 35.5. The van der Waals surface area contributed by atoms with Crippen molar-refractivity contribution in [3.8, 4) is 0 Å². The summed E-state index contributed by atoms with van der Waals surface area (Å²) in [4.78, 5) is 0.0218. The summed E-state index contributed by atoms with van der Waals surface area (Å²) in [7, 11) is -4.56. The molecule has 2 rings (SSSR count). The third-order valence-electron chi connectivity index (χ3n) is 4.81. The van der Waals surface area contributed by atoms with E-state index in [2.05, 4.69) is 0 Å². The minimum Gasteiger partial charge on any atom is -0.392 e. The van der Waals surface area contributed by atoms with E-state index in [0.717, 1.165) is 4.31 Å². The van der Waals surface area contributed by atoms with Gasteiger partial charge in [-0.2, -0.15) is 0 Å². The minimum atomic E-state index is -4.06. The second kappa shape index (κ2) is 10.5. The molecular weight excluding hydrogens is 483 g/mol. The van der Waals surface area contributed by atoms with Crippen LogP contribution >= 0.6 is 23.2 Å². The van der Waals surface area contributed by atoms with E-state index < -0.39 is 26.1 Å². The fraction of sp³-hybridized carbons (Fsp3) is 0.400. The monoisotopic (exact) mass is 508 g/mol. The van der Waals surface area contributed by atoms with E-state index in [0.29, 0.717) is 15.6 Å². The number of hydrogen-bond donors (Lipinski definition) is 1. The maximum atomic E-state index is 13.6. The standard InChI is InChI=1S/C20H26Cl2N2O5S2/c1-15(5-4-12-30(26,27)23(2)3)24(20-13-18(22)7-6-16(20)14-25)31(28,29)19-10-8-17(21)9-11-19/h6-11,13,15,25H,4-5,12,14H2,1-3H3/t15-/m1/s1. The van der Waals surface area contributed by atoms with Gasteiger partial charge in [0, 0.05) is 35.7 Å². The van der Waals surface area contributed by atoms with Crippen LogP contribution in [0.1, 0.15) is 25.3 Å². The van der Waals surface area contributed by atoms with Gasteiger partial charge in [-0.05, 0) is 56.2 Å². The third-order valence-corrected chi connectivity index (χ3v) is 9.15. The van der Waals surface area contributed by atoms with Gasteiger partial charge in [0.25, 0.3) is 10.0 Å². The number of aliphatic hydroxyl groups is 1. The average molecular weight is 509 g/mol. The van der Waals surface area contributed by atoms with Gasteiger partial charge < -0.3 is 5.11 Å². The fourth-order valence-corrected chi connectivity index (χ4v) is 5.96. The molecule has 0 spiro atoms. The van der Waals surface area contributed by atoms with Crippen LogP contribution < -0.4 is 4.31 Å². The number of anilines is 1. The average Bonchev–Trinajstić information content (AvgIpc) is 2.68. The smallest absolute Gasteiger partial charge is 0.264 e. The number of halogens is 2. The molecule has 0 saturated carbocycles. The molecule has 2 aromatic carbocycles. The molecule has 0 amide bonds. The van der Waals surface area contributed by atoms with Crippen LogP contribution in [0.25, 0.3) is 0 Å². The molecule has 0 saturated heterocycles. The lowest BCUT2D eigenvalue weighted by Gasteiger charge is -2.32. The molecule has 0 heterocycles. The number of benzene rings is 2. The maximum absolute atomic E-state index is 13.6. The van der Waals surface area contributed by atoms with E-state index in [-0.39, 0.29) is 35.8 Å². The lowest BCUT2D eigenvalue weighted by Crippen LogP contribution is -2.40. The third kappa shape index (κ3) is 6.34. The SMILES string of the molecule is C[C@H](CCCS(=O)(=O)N(C)C)N(c1cc(Cl)ccc1CO)S(=O)(=O)c1ccc(Cl)cc1. The van der Waals surface area contributed by atoms with Crippen LogP contribution in [0.3, 0.4) is 0 Å². The Hall–Kier alpha value is -1.36. The zero-order valence-corrected chi connectivity index (χ0v) is 20.6. The maximum Gasteiger partial charge on any atom is 0.264 e. The Morgan fingerprint density at radius 3 is 2.10 bits per heavy atom. The molecule has 11 heteroatoms. The van der Waals surface area contributed by atoms with Crippen LogP contribution in [0.15, 0.2) is 47.4 Å². The van der Waals surface area contributed by atoms with Gasteiger partial charge in [0.1, 0.15) is 0 Å². The molecule has 0 radical (unpaired) electrons. The lowest BCUT2D eigenvalue weighted by atomic mass is 10.1. The molecule has 31 heavy (non-hydrogen) atoms. The van der Waals surface area contributed by atoms with Crippen LogP contribution in [0.2, 0.25) is 10.0 Å². The molecule has 0 aliphatic rings. The Labute approximate surface area is 194 Å². The van der Waals surface area contributed by atoms with Crippen molar-refractivity contribution in [2.45, 2.75) is 37.3 Å². The summed E-state index contributed by atoms with van der Waals surface area (Å²) in [6.07, 6.45) is 0.528. The predicted molar refractivity (Wildman–Crippen MR) is 125 cm³/mol. The van der Waals surface area contributed by atoms with Crippen LogP contribution in [0, 0.1) is 0 Å². The van der Waals surface area contributed by atoms with E-state index >= 15 is 0 Å². The van der Waals surface area contributed by atoms with Crippen molar-refractivity contribution in [2.75, 3.05) is 24.2 Å². The topological polar surface area (TPSA) is 95.0 Å². The largest absolute Gasteiger partial charge is 0.392 e. The van der Waals surface area contributed by atoms with Crippen molar-refractivity contribution in [1.82, 2.24) is 4.31 Å². The molecule has 7 nitrogen and oxygen atoms in total. The summed E-state index contributed by atoms with van der Waals surface area (Å²) in [5.74, 6) is -0.110. The van der Waals surface area contributed by atoms with Gasteiger partial charge in [0.15, 0.2) is 0 Å². The van der Waals surface area contributed by atoms with Crippen molar-refractivity contribution in [2.24, 2.45) is 0 Å². The van der Waals surface area contributed by atoms with Gasteiger partial charge in [-0.25, -0.2) is 21.1 Å². The first-order valence-electron chi connectivity index (χ1n) is 9.49. The van der Waals surface area contributed by atoms with Gasteiger partial charge in [-0.3, -0.25) is 4.31 Å². The van der Waals surface area contributed by atoms with Crippen molar-refractivity contribution >= 4 is 48.9 Å². The molecule has 172 valence electrons. The molecular formula is C20H26Cl2N2O5S2. The summed E-state index contributed by atoms with van der Waals surface area (Å²) in [6.45, 7) is 1.30. The first kappa shape index (κ1) is 25.9. The zero-order chi connectivity index (χ0) is 23.4. The second-order valence-corrected chi connectivity index (χ2v) is 12.3. The van der Waals surface area contributed by atoms with Crippen LogP contribution in [-0.4, -0.2) is 52.1 Å². The number of hydrogen-bond acceptors (Lipinski definition) is 5. The summed E-state index contributed by atoms with van der Waals surface area (Å²) in [5, 5.41) is 10.5. The normalized spacial score (nSPS) is 13.4. The first-order chi connectivity index (χ1) is 14.4. The van der Waals surface area contributed by atoms with E-state index in [4.69, 9.17) is 23.2 Å². The molecule has 1 atom stereocenters. The van der Waals surface area contributed by atoms with Crippen LogP contribution in [-0.2, 0) is 26.7 Å². The number of aliphatic hydroxyl groups excluding tert-OH is 1. The first-order valence-corrected chi connectivity index (χ1v) is 13.3. The molecule has 0 aromatic heterocycles. The van der Waals surface area contributed by atoms with Crippen molar-refractivity contribution in [3.05, 3.63) is 58.1 Å². The van der Waals surface area contributed by atoms with E-state index in [1.165, 1.54) is 48.7 Å². The van der Waals surface area contributed by atoms with Crippen LogP contribution in [0.5, 0.6) is 0 Å². The highest BCUT2D eigenvalue weighted by Crippen LogP contribution is 2.33. The van der Waals surface area contributed by atoms with Crippen molar-refractivity contribution < 1.29 is 21.9 Å². The quantitative estimate of drug-likeness (QED) is 0.527. The lowest BCUT2D eigenvalue weighted by molar-refractivity contribution is 0.282. The van der Waals surface area contributed by atoms with Gasteiger partial charge >= 0.3 is 0 Å². The minimum absolute atomic E-state index is 0.0218. The highest BCUT2D eigenvalue weighted by Gasteiger charge is 2.31. The Morgan fingerprint density at radius 2 is 1.55 bits per heavy atom. The van der Waals surface area contributed by atoms with E-state index in [9.17, 15) is 21.9 Å². The van der Waals surface area contributed by atoms with Crippen molar-refractivity contribution in [3.63, 3.8) is 0 Å². The number of sulfonamides is 2. The Balaban J connectivity index is 2.48. The van der Waals surface area contributed by atoms with Gasteiger partial charge in [0.05, 0.1) is 22.9 Å². The molecule has 2 aromatic rings. The Kier molecular flexibility index (Phi) is 8.77. The van der Waals surface area contributed by atoms with Crippen LogP contribution in [0.4, 0.5) is 5.69 Å². The molecule has 0 aliphatic heterocycles. The summed E-state index contributed by atoms with van der Waals surface area (Å²) in [5.41, 5.74) is 0.627. The van der Waals surface area contributed by atoms with Crippen molar-refractivity contribution in [1.29, 1.82) is 0 Å². The number of nitrogens with zero attached hydrogens (tertiary/aromatic N) is 2. The Morgan fingerprint density at radius 1 is 0.968 bits per heavy atom. The number of rotatable bonds is 10. The molecule has 0 unspecified atom stereocenters. The van der Waals surface area contributed by atoms with Gasteiger partial charge in [-0.15, -0.1) is 0 Å². The second-order valence-electron chi connectivity index (χ2n) is 7.28. The summed E-state index contributed by atoms with van der Waals surface area (Å²) >= 11 is 12.0. The molecule has 0 fully saturated rings. The van der Waals surface area contributed by atoms with Gasteiger partial charge in [-0.1, -0.05) is 29.3 Å². The molecule has 1 N–H and O–H groups in total. The van der Waals surface area contributed by atoms with E-state index in [1.807, 2.05) is 0 Å². The predicted octanol–water partition coefficient (Wildman–Crippen LogP) is 3.74. The highest BCUT2D eigenvalue weighted by molar-refractivity contribution is 7.92. The Bertz CT molecular complexity index is 1100. The zero-order valence-electron chi connectivity index (χ0n) is 17.5. The fourth-order valence-electron chi connectivity index (χ4n) is 3.06. The summed E-state index contributed by atoms with van der Waals surface area (Å²) in [6, 6.07) is 9.75. The molecule has 0 bridgehead atoms. The van der Waals surface area contributed by atoms with E-state index in [1.54, 1.807) is 19.1 Å².